The van der Waals surface area contributed by atoms with Gasteiger partial charge in [-0.05, 0) is 24.8 Å². The molecule has 4 nitrogen and oxygen atoms in total. The lowest BCUT2D eigenvalue weighted by Crippen LogP contribution is -2.06. The predicted octanol–water partition coefficient (Wildman–Crippen LogP) is 6.18. The standard InChI is InChI=1S/C25H38O4/c1-2-3-4-5-6-7-8-9-10-14-21-28-24(26)19-20-25(27)29-22-15-18-23-16-12-11-13-17-23/h11-13,16-17,19-20H,2-10,14-15,18,21-22H2,1H3/b20-19+. The molecule has 0 amide bonds. The van der Waals surface area contributed by atoms with Crippen LogP contribution in [-0.4, -0.2) is 25.2 Å². The first-order valence-electron chi connectivity index (χ1n) is 11.3. The van der Waals surface area contributed by atoms with Crippen LogP contribution in [-0.2, 0) is 25.5 Å². The predicted molar refractivity (Wildman–Crippen MR) is 118 cm³/mol. The molecule has 0 heterocycles. The van der Waals surface area contributed by atoms with Crippen LogP contribution in [0.15, 0.2) is 42.5 Å². The molecule has 0 N–H and O–H groups in total. The average Bonchev–Trinajstić information content (AvgIpc) is 2.74. The second kappa shape index (κ2) is 18.0. The molecule has 162 valence electrons. The molecule has 1 rings (SSSR count). The number of hydrogen-bond acceptors (Lipinski definition) is 4. The van der Waals surface area contributed by atoms with Crippen molar-refractivity contribution in [2.24, 2.45) is 0 Å². The summed E-state index contributed by atoms with van der Waals surface area (Å²) in [4.78, 5) is 23.2. The molecular weight excluding hydrogens is 364 g/mol. The Morgan fingerprint density at radius 1 is 0.690 bits per heavy atom. The van der Waals surface area contributed by atoms with Gasteiger partial charge in [0.15, 0.2) is 0 Å². The quantitative estimate of drug-likeness (QED) is 0.177. The van der Waals surface area contributed by atoms with E-state index in [0.29, 0.717) is 13.2 Å². The first kappa shape index (κ1) is 24.9. The van der Waals surface area contributed by atoms with Crippen LogP contribution in [0.5, 0.6) is 0 Å². The Morgan fingerprint density at radius 2 is 1.17 bits per heavy atom. The van der Waals surface area contributed by atoms with Crippen molar-refractivity contribution in [1.29, 1.82) is 0 Å². The van der Waals surface area contributed by atoms with E-state index in [-0.39, 0.29) is 0 Å². The highest BCUT2D eigenvalue weighted by atomic mass is 16.5. The monoisotopic (exact) mass is 402 g/mol. The van der Waals surface area contributed by atoms with Crippen molar-refractivity contribution in [1.82, 2.24) is 0 Å². The maximum absolute atomic E-state index is 11.6. The highest BCUT2D eigenvalue weighted by Crippen LogP contribution is 2.10. The number of esters is 2. The highest BCUT2D eigenvalue weighted by molar-refractivity contribution is 5.91. The Balaban J connectivity index is 1.92. The van der Waals surface area contributed by atoms with E-state index in [9.17, 15) is 9.59 Å². The fourth-order valence-electron chi connectivity index (χ4n) is 3.09. The number of benzene rings is 1. The van der Waals surface area contributed by atoms with Crippen molar-refractivity contribution >= 4 is 11.9 Å². The largest absolute Gasteiger partial charge is 0.463 e. The Labute approximate surface area is 176 Å². The van der Waals surface area contributed by atoms with Crippen molar-refractivity contribution in [3.63, 3.8) is 0 Å². The van der Waals surface area contributed by atoms with Crippen LogP contribution in [0, 0.1) is 0 Å². The van der Waals surface area contributed by atoms with Crippen molar-refractivity contribution in [2.45, 2.75) is 84.0 Å². The Morgan fingerprint density at radius 3 is 1.72 bits per heavy atom. The lowest BCUT2D eigenvalue weighted by Gasteiger charge is -2.04. The summed E-state index contributed by atoms with van der Waals surface area (Å²) in [6.07, 6.45) is 16.3. The van der Waals surface area contributed by atoms with Crippen LogP contribution in [0.25, 0.3) is 0 Å². The van der Waals surface area contributed by atoms with Gasteiger partial charge in [0.05, 0.1) is 13.2 Å². The first-order chi connectivity index (χ1) is 14.2. The van der Waals surface area contributed by atoms with E-state index in [1.807, 2.05) is 30.3 Å². The molecule has 1 aromatic rings. The summed E-state index contributed by atoms with van der Waals surface area (Å²) in [6.45, 7) is 2.99. The van der Waals surface area contributed by atoms with E-state index in [1.165, 1.54) is 56.9 Å². The zero-order chi connectivity index (χ0) is 21.0. The fraction of sp³-hybridized carbons (Fsp3) is 0.600. The number of hydrogen-bond donors (Lipinski definition) is 0. The Kier molecular flexibility index (Phi) is 15.4. The number of carbonyl (C=O) groups excluding carboxylic acids is 2. The van der Waals surface area contributed by atoms with E-state index in [2.05, 4.69) is 6.92 Å². The fourth-order valence-corrected chi connectivity index (χ4v) is 3.09. The maximum atomic E-state index is 11.6. The number of unbranched alkanes of at least 4 members (excludes halogenated alkanes) is 9. The van der Waals surface area contributed by atoms with Gasteiger partial charge in [-0.25, -0.2) is 9.59 Å². The summed E-state index contributed by atoms with van der Waals surface area (Å²) in [5.41, 5.74) is 1.22. The van der Waals surface area contributed by atoms with Gasteiger partial charge >= 0.3 is 11.9 Å². The lowest BCUT2D eigenvalue weighted by atomic mass is 10.1. The Bertz CT molecular complexity index is 565. The molecule has 0 fully saturated rings. The molecular formula is C25H38O4. The van der Waals surface area contributed by atoms with Crippen LogP contribution in [0.4, 0.5) is 0 Å². The normalized spacial score (nSPS) is 10.9. The van der Waals surface area contributed by atoms with Crippen LogP contribution < -0.4 is 0 Å². The molecule has 0 radical (unpaired) electrons. The van der Waals surface area contributed by atoms with Crippen LogP contribution in [0.1, 0.15) is 83.1 Å². The molecule has 0 atom stereocenters. The molecule has 29 heavy (non-hydrogen) atoms. The second-order valence-electron chi connectivity index (χ2n) is 7.44. The van der Waals surface area contributed by atoms with Gasteiger partial charge in [0.1, 0.15) is 0 Å². The molecule has 0 saturated carbocycles. The topological polar surface area (TPSA) is 52.6 Å². The van der Waals surface area contributed by atoms with Gasteiger partial charge in [-0.1, -0.05) is 95.0 Å². The van der Waals surface area contributed by atoms with Crippen molar-refractivity contribution in [2.75, 3.05) is 13.2 Å². The summed E-state index contributed by atoms with van der Waals surface area (Å²) in [7, 11) is 0. The third kappa shape index (κ3) is 15.5. The van der Waals surface area contributed by atoms with Gasteiger partial charge in [-0.2, -0.15) is 0 Å². The molecule has 0 aliphatic heterocycles. The zero-order valence-corrected chi connectivity index (χ0v) is 18.1. The summed E-state index contributed by atoms with van der Waals surface area (Å²) in [5.74, 6) is -0.990. The molecule has 0 saturated heterocycles. The summed E-state index contributed by atoms with van der Waals surface area (Å²) in [6, 6.07) is 10.1. The SMILES string of the molecule is CCCCCCCCCCCCOC(=O)/C=C/C(=O)OCCCc1ccccc1. The number of aryl methyl sites for hydroxylation is 1. The highest BCUT2D eigenvalue weighted by Gasteiger charge is 2.02. The molecule has 4 heteroatoms. The van der Waals surface area contributed by atoms with Crippen molar-refractivity contribution in [3.8, 4) is 0 Å². The minimum Gasteiger partial charge on any atom is -0.463 e. The van der Waals surface area contributed by atoms with Gasteiger partial charge in [0, 0.05) is 12.2 Å². The Hall–Kier alpha value is -2.10. The van der Waals surface area contributed by atoms with Crippen molar-refractivity contribution < 1.29 is 19.1 Å². The van der Waals surface area contributed by atoms with Crippen LogP contribution >= 0.6 is 0 Å². The molecule has 0 aliphatic rings. The van der Waals surface area contributed by atoms with Gasteiger partial charge in [0.25, 0.3) is 0 Å². The second-order valence-corrected chi connectivity index (χ2v) is 7.44. The molecule has 0 spiro atoms. The van der Waals surface area contributed by atoms with E-state index in [1.54, 1.807) is 0 Å². The third-order valence-corrected chi connectivity index (χ3v) is 4.79. The molecule has 0 bridgehead atoms. The van der Waals surface area contributed by atoms with E-state index in [0.717, 1.165) is 37.8 Å². The zero-order valence-electron chi connectivity index (χ0n) is 18.1. The molecule has 0 aromatic heterocycles. The van der Waals surface area contributed by atoms with Crippen LogP contribution in [0.2, 0.25) is 0 Å². The van der Waals surface area contributed by atoms with Crippen LogP contribution in [0.3, 0.4) is 0 Å². The molecule has 0 aliphatic carbocycles. The summed E-state index contributed by atoms with van der Waals surface area (Å²) < 4.78 is 10.2. The maximum Gasteiger partial charge on any atom is 0.331 e. The number of ether oxygens (including phenoxy) is 2. The molecule has 0 unspecified atom stereocenters. The van der Waals surface area contributed by atoms with Gasteiger partial charge in [-0.3, -0.25) is 0 Å². The van der Waals surface area contributed by atoms with E-state index >= 15 is 0 Å². The number of carbonyl (C=O) groups is 2. The smallest absolute Gasteiger partial charge is 0.331 e. The molecule has 1 aromatic carbocycles. The first-order valence-corrected chi connectivity index (χ1v) is 11.3. The lowest BCUT2D eigenvalue weighted by molar-refractivity contribution is -0.140. The number of rotatable bonds is 17. The minimum atomic E-state index is -0.506. The minimum absolute atomic E-state index is 0.339. The van der Waals surface area contributed by atoms with Gasteiger partial charge in [-0.15, -0.1) is 0 Å². The van der Waals surface area contributed by atoms with Crippen molar-refractivity contribution in [3.05, 3.63) is 48.0 Å². The van der Waals surface area contributed by atoms with Gasteiger partial charge < -0.3 is 9.47 Å². The van der Waals surface area contributed by atoms with E-state index in [4.69, 9.17) is 9.47 Å². The summed E-state index contributed by atoms with van der Waals surface area (Å²) in [5, 5.41) is 0. The van der Waals surface area contributed by atoms with E-state index < -0.39 is 11.9 Å². The third-order valence-electron chi connectivity index (χ3n) is 4.79. The average molecular weight is 403 g/mol. The van der Waals surface area contributed by atoms with Gasteiger partial charge in [0.2, 0.25) is 0 Å². The summed E-state index contributed by atoms with van der Waals surface area (Å²) >= 11 is 0.